The van der Waals surface area contributed by atoms with Crippen LogP contribution in [0.2, 0.25) is 0 Å². The van der Waals surface area contributed by atoms with Crippen LogP contribution in [0.25, 0.3) is 0 Å². The summed E-state index contributed by atoms with van der Waals surface area (Å²) in [6.45, 7) is 8.61. The van der Waals surface area contributed by atoms with Crippen LogP contribution < -0.4 is 0 Å². The monoisotopic (exact) mass is 381 g/mol. The van der Waals surface area contributed by atoms with E-state index in [1.807, 2.05) is 27.7 Å². The highest BCUT2D eigenvalue weighted by atomic mass is 19.4. The van der Waals surface area contributed by atoms with E-state index in [2.05, 4.69) is 4.98 Å². The predicted molar refractivity (Wildman–Crippen MR) is 97.9 cm³/mol. The third-order valence-corrected chi connectivity index (χ3v) is 4.19. The zero-order chi connectivity index (χ0) is 20.2. The molecule has 0 aliphatic carbocycles. The van der Waals surface area contributed by atoms with E-state index in [1.165, 1.54) is 12.1 Å². The second-order valence-electron chi connectivity index (χ2n) is 7.39. The van der Waals surface area contributed by atoms with Crippen LogP contribution in [0.5, 0.6) is 0 Å². The Hall–Kier alpha value is -2.31. The van der Waals surface area contributed by atoms with Gasteiger partial charge in [-0.15, -0.1) is 0 Å². The van der Waals surface area contributed by atoms with E-state index >= 15 is 0 Å². The van der Waals surface area contributed by atoms with Gasteiger partial charge in [-0.3, -0.25) is 4.79 Å². The number of carbonyl (C=O) groups is 1. The first-order chi connectivity index (χ1) is 12.6. The van der Waals surface area contributed by atoms with Crippen molar-refractivity contribution < 1.29 is 18.0 Å². The van der Waals surface area contributed by atoms with E-state index < -0.39 is 11.7 Å². The highest BCUT2D eigenvalue weighted by Gasteiger charge is 2.33. The largest absolute Gasteiger partial charge is 0.416 e. The van der Waals surface area contributed by atoms with Gasteiger partial charge in [-0.25, -0.2) is 4.98 Å². The van der Waals surface area contributed by atoms with Crippen LogP contribution in [0.15, 0.2) is 36.7 Å². The summed E-state index contributed by atoms with van der Waals surface area (Å²) in [7, 11) is 0. The highest BCUT2D eigenvalue weighted by Crippen LogP contribution is 2.32. The number of alkyl halides is 3. The van der Waals surface area contributed by atoms with Gasteiger partial charge in [0.25, 0.3) is 0 Å². The highest BCUT2D eigenvalue weighted by molar-refractivity contribution is 5.78. The first kappa shape index (κ1) is 21.0. The number of amides is 1. The lowest BCUT2D eigenvalue weighted by Gasteiger charge is -2.26. The van der Waals surface area contributed by atoms with Crippen LogP contribution in [-0.4, -0.2) is 26.9 Å². The van der Waals surface area contributed by atoms with Gasteiger partial charge in [0.15, 0.2) is 0 Å². The molecule has 27 heavy (non-hydrogen) atoms. The lowest BCUT2D eigenvalue weighted by Crippen LogP contribution is -2.37. The normalized spacial score (nSPS) is 12.0. The van der Waals surface area contributed by atoms with E-state index in [0.717, 1.165) is 6.07 Å². The number of aromatic nitrogens is 2. The summed E-state index contributed by atoms with van der Waals surface area (Å²) in [5.74, 6) is 0.704. The first-order valence-electron chi connectivity index (χ1n) is 9.03. The molecular formula is C20H26F3N3O. The van der Waals surface area contributed by atoms with Crippen molar-refractivity contribution in [1.82, 2.24) is 14.5 Å². The maximum atomic E-state index is 13.2. The molecule has 4 nitrogen and oxygen atoms in total. The molecule has 0 aliphatic rings. The molecule has 0 saturated carbocycles. The summed E-state index contributed by atoms with van der Waals surface area (Å²) < 4.78 is 41.4. The zero-order valence-electron chi connectivity index (χ0n) is 16.1. The van der Waals surface area contributed by atoms with Crippen LogP contribution in [0.4, 0.5) is 13.2 Å². The summed E-state index contributed by atoms with van der Waals surface area (Å²) in [5, 5.41) is 0. The Balaban J connectivity index is 2.27. The molecule has 0 atom stereocenters. The third kappa shape index (κ3) is 5.58. The first-order valence-corrected chi connectivity index (χ1v) is 9.03. The van der Waals surface area contributed by atoms with Crippen LogP contribution in [0.3, 0.4) is 0 Å². The maximum absolute atomic E-state index is 13.2. The van der Waals surface area contributed by atoms with Gasteiger partial charge < -0.3 is 9.47 Å². The summed E-state index contributed by atoms with van der Waals surface area (Å²) >= 11 is 0. The number of imidazole rings is 1. The maximum Gasteiger partial charge on any atom is 0.416 e. The minimum Gasteiger partial charge on any atom is -0.335 e. The van der Waals surface area contributed by atoms with Crippen LogP contribution >= 0.6 is 0 Å². The Morgan fingerprint density at radius 1 is 1.19 bits per heavy atom. The lowest BCUT2D eigenvalue weighted by atomic mass is 10.1. The number of hydrogen-bond acceptors (Lipinski definition) is 2. The van der Waals surface area contributed by atoms with E-state index in [0.29, 0.717) is 12.4 Å². The summed E-state index contributed by atoms with van der Waals surface area (Å²) in [6, 6.07) is 5.53. The molecule has 0 saturated heterocycles. The van der Waals surface area contributed by atoms with Crippen molar-refractivity contribution in [1.29, 1.82) is 0 Å². The molecule has 7 heteroatoms. The Morgan fingerprint density at radius 3 is 2.44 bits per heavy atom. The van der Waals surface area contributed by atoms with E-state index in [9.17, 15) is 18.0 Å². The molecule has 0 fully saturated rings. The van der Waals surface area contributed by atoms with Gasteiger partial charge >= 0.3 is 6.18 Å². The number of halogens is 3. The number of carbonyl (C=O) groups excluding carboxylic acids is 1. The van der Waals surface area contributed by atoms with Crippen molar-refractivity contribution in [3.63, 3.8) is 0 Å². The predicted octanol–water partition coefficient (Wildman–Crippen LogP) is 4.59. The standard InChI is InChI=1S/C20H26F3N3O/c1-14(2)11-26(19(27)15(3)4)13-18-24-9-10-25(18)12-16-7-5-6-8-17(16)20(21,22)23/h5-10,14-15H,11-13H2,1-4H3. The molecule has 1 aromatic heterocycles. The molecule has 148 valence electrons. The summed E-state index contributed by atoms with van der Waals surface area (Å²) in [5.41, 5.74) is -0.475. The smallest absolute Gasteiger partial charge is 0.335 e. The van der Waals surface area contributed by atoms with Gasteiger partial charge in [-0.05, 0) is 17.5 Å². The molecule has 0 radical (unpaired) electrons. The van der Waals surface area contributed by atoms with Crippen molar-refractivity contribution in [2.75, 3.05) is 6.54 Å². The number of nitrogens with zero attached hydrogens (tertiary/aromatic N) is 3. The van der Waals surface area contributed by atoms with Gasteiger partial charge in [-0.1, -0.05) is 45.9 Å². The second kappa shape index (κ2) is 8.59. The molecule has 1 heterocycles. The molecule has 2 aromatic rings. The lowest BCUT2D eigenvalue weighted by molar-refractivity contribution is -0.138. The van der Waals surface area contributed by atoms with Crippen molar-refractivity contribution in [2.45, 2.75) is 47.0 Å². The fourth-order valence-corrected chi connectivity index (χ4v) is 2.96. The number of rotatable bonds is 7. The minimum absolute atomic E-state index is 0.00828. The third-order valence-electron chi connectivity index (χ3n) is 4.19. The molecule has 0 bridgehead atoms. The molecular weight excluding hydrogens is 355 g/mol. The van der Waals surface area contributed by atoms with Gasteiger partial charge in [-0.2, -0.15) is 13.2 Å². The number of hydrogen-bond donors (Lipinski definition) is 0. The zero-order valence-corrected chi connectivity index (χ0v) is 16.1. The molecule has 0 unspecified atom stereocenters. The van der Waals surface area contributed by atoms with E-state index in [4.69, 9.17) is 0 Å². The van der Waals surface area contributed by atoms with Crippen molar-refractivity contribution in [2.24, 2.45) is 11.8 Å². The van der Waals surface area contributed by atoms with Crippen molar-refractivity contribution >= 4 is 5.91 Å². The van der Waals surface area contributed by atoms with Crippen LogP contribution in [-0.2, 0) is 24.1 Å². The van der Waals surface area contributed by atoms with Crippen molar-refractivity contribution in [3.05, 3.63) is 53.6 Å². The van der Waals surface area contributed by atoms with Gasteiger partial charge in [0.1, 0.15) is 5.82 Å². The van der Waals surface area contributed by atoms with Crippen molar-refractivity contribution in [3.8, 4) is 0 Å². The second-order valence-corrected chi connectivity index (χ2v) is 7.39. The van der Waals surface area contributed by atoms with Gasteiger partial charge in [0.05, 0.1) is 12.1 Å². The minimum atomic E-state index is -4.41. The Morgan fingerprint density at radius 2 is 1.85 bits per heavy atom. The molecule has 1 aromatic carbocycles. The SMILES string of the molecule is CC(C)CN(Cc1nccn1Cc1ccccc1C(F)(F)F)C(=O)C(C)C. The quantitative estimate of drug-likeness (QED) is 0.704. The molecule has 0 spiro atoms. The average molecular weight is 381 g/mol. The Labute approximate surface area is 158 Å². The Bertz CT molecular complexity index is 766. The topological polar surface area (TPSA) is 38.1 Å². The van der Waals surface area contributed by atoms with Gasteiger partial charge in [0, 0.05) is 31.4 Å². The van der Waals surface area contributed by atoms with Crippen LogP contribution in [0, 0.1) is 11.8 Å². The molecule has 0 aliphatic heterocycles. The summed E-state index contributed by atoms with van der Waals surface area (Å²) in [4.78, 5) is 18.5. The van der Waals surface area contributed by atoms with Gasteiger partial charge in [0.2, 0.25) is 5.91 Å². The fraction of sp³-hybridized carbons (Fsp3) is 0.500. The molecule has 2 rings (SSSR count). The van der Waals surface area contributed by atoms with E-state index in [-0.39, 0.29) is 36.4 Å². The number of benzene rings is 1. The molecule has 0 N–H and O–H groups in total. The average Bonchev–Trinajstić information content (AvgIpc) is 2.99. The Kier molecular flexibility index (Phi) is 6.68. The summed E-state index contributed by atoms with van der Waals surface area (Å²) in [6.07, 6.45) is -1.20. The fourth-order valence-electron chi connectivity index (χ4n) is 2.96. The van der Waals surface area contributed by atoms with E-state index in [1.54, 1.807) is 27.9 Å². The molecule has 1 amide bonds. The van der Waals surface area contributed by atoms with Crippen LogP contribution in [0.1, 0.15) is 44.6 Å².